The van der Waals surface area contributed by atoms with E-state index in [0.29, 0.717) is 6.04 Å². The summed E-state index contributed by atoms with van der Waals surface area (Å²) >= 11 is 0. The monoisotopic (exact) mass is 317 g/mol. The van der Waals surface area contributed by atoms with Gasteiger partial charge in [0.15, 0.2) is 0 Å². The van der Waals surface area contributed by atoms with Crippen molar-refractivity contribution in [2.24, 2.45) is 5.92 Å². The normalized spacial score (nSPS) is 26.7. The second kappa shape index (κ2) is 6.40. The van der Waals surface area contributed by atoms with E-state index in [0.717, 1.165) is 23.8 Å². The Morgan fingerprint density at radius 2 is 1.74 bits per heavy atom. The number of amides is 1. The van der Waals surface area contributed by atoms with Gasteiger partial charge in [-0.05, 0) is 76.9 Å². The van der Waals surface area contributed by atoms with Gasteiger partial charge in [-0.15, -0.1) is 0 Å². The van der Waals surface area contributed by atoms with E-state index in [1.165, 1.54) is 25.9 Å². The highest BCUT2D eigenvalue weighted by Crippen LogP contribution is 2.30. The number of fused-ring (bicyclic) bond motifs is 3. The van der Waals surface area contributed by atoms with E-state index in [4.69, 9.17) is 4.74 Å². The highest BCUT2D eigenvalue weighted by molar-refractivity contribution is 5.85. The molecule has 1 atom stereocenters. The number of anilines is 2. The number of piperidine rings is 3. The first kappa shape index (κ1) is 16.1. The molecule has 5 heteroatoms. The highest BCUT2D eigenvalue weighted by atomic mass is 16.6. The third-order valence-electron chi connectivity index (χ3n) is 4.54. The molecule has 3 fully saturated rings. The smallest absolute Gasteiger partial charge is 0.412 e. The number of carbonyl (C=O) groups excluding carboxylic acids is 1. The molecule has 3 saturated heterocycles. The van der Waals surface area contributed by atoms with Crippen LogP contribution in [-0.2, 0) is 4.74 Å². The van der Waals surface area contributed by atoms with Gasteiger partial charge in [-0.2, -0.15) is 0 Å². The molecule has 3 aliphatic rings. The lowest BCUT2D eigenvalue weighted by atomic mass is 9.84. The number of benzene rings is 1. The number of hydrogen-bond acceptors (Lipinski definition) is 4. The standard InChI is InChI=1S/C18H27N3O2/c1-18(2,3)23-17(22)20-15-6-4-14(5-7-15)19-16-12-21-10-8-13(16)9-11-21/h4-7,13,16,19H,8-12H2,1-3H3,(H,20,22). The Morgan fingerprint density at radius 1 is 1.13 bits per heavy atom. The van der Waals surface area contributed by atoms with E-state index in [2.05, 4.69) is 15.5 Å². The van der Waals surface area contributed by atoms with Crippen LogP contribution in [0.4, 0.5) is 16.2 Å². The molecular formula is C18H27N3O2. The molecule has 1 unspecified atom stereocenters. The Hall–Kier alpha value is -1.75. The minimum absolute atomic E-state index is 0.421. The van der Waals surface area contributed by atoms with E-state index in [-0.39, 0.29) is 0 Å². The van der Waals surface area contributed by atoms with E-state index in [1.807, 2.05) is 45.0 Å². The van der Waals surface area contributed by atoms with Crippen molar-refractivity contribution in [3.63, 3.8) is 0 Å². The molecule has 5 nitrogen and oxygen atoms in total. The van der Waals surface area contributed by atoms with Crippen LogP contribution in [0.15, 0.2) is 24.3 Å². The molecule has 23 heavy (non-hydrogen) atoms. The summed E-state index contributed by atoms with van der Waals surface area (Å²) in [7, 11) is 0. The van der Waals surface area contributed by atoms with Gasteiger partial charge >= 0.3 is 6.09 Å². The van der Waals surface area contributed by atoms with Crippen LogP contribution < -0.4 is 10.6 Å². The lowest BCUT2D eigenvalue weighted by Gasteiger charge is -2.45. The second-order valence-electron chi connectivity index (χ2n) is 7.59. The van der Waals surface area contributed by atoms with Crippen molar-refractivity contribution in [2.45, 2.75) is 45.3 Å². The summed E-state index contributed by atoms with van der Waals surface area (Å²) in [5.74, 6) is 0.791. The molecule has 0 spiro atoms. The van der Waals surface area contributed by atoms with Crippen molar-refractivity contribution in [1.82, 2.24) is 4.90 Å². The summed E-state index contributed by atoms with van der Waals surface area (Å²) in [4.78, 5) is 14.3. The van der Waals surface area contributed by atoms with Crippen LogP contribution in [0.5, 0.6) is 0 Å². The topological polar surface area (TPSA) is 53.6 Å². The number of rotatable bonds is 3. The predicted molar refractivity (Wildman–Crippen MR) is 92.9 cm³/mol. The lowest BCUT2D eigenvalue weighted by Crippen LogP contribution is -2.53. The summed E-state index contributed by atoms with van der Waals surface area (Å²) in [6.45, 7) is 9.21. The maximum absolute atomic E-state index is 11.8. The van der Waals surface area contributed by atoms with E-state index >= 15 is 0 Å². The Balaban J connectivity index is 1.54. The zero-order valence-corrected chi connectivity index (χ0v) is 14.3. The van der Waals surface area contributed by atoms with Gasteiger partial charge in [-0.1, -0.05) is 0 Å². The molecular weight excluding hydrogens is 290 g/mol. The molecule has 0 aliphatic carbocycles. The van der Waals surface area contributed by atoms with Crippen LogP contribution in [0.25, 0.3) is 0 Å². The molecule has 3 aliphatic heterocycles. The molecule has 2 N–H and O–H groups in total. The van der Waals surface area contributed by atoms with Gasteiger partial charge in [0.05, 0.1) is 0 Å². The minimum Gasteiger partial charge on any atom is -0.444 e. The van der Waals surface area contributed by atoms with Crippen molar-refractivity contribution >= 4 is 17.5 Å². The fourth-order valence-corrected chi connectivity index (χ4v) is 3.41. The fourth-order valence-electron chi connectivity index (χ4n) is 3.41. The van der Waals surface area contributed by atoms with Crippen molar-refractivity contribution in [3.8, 4) is 0 Å². The van der Waals surface area contributed by atoms with Gasteiger partial charge in [-0.25, -0.2) is 4.79 Å². The molecule has 0 aromatic heterocycles. The number of hydrogen-bond donors (Lipinski definition) is 2. The van der Waals surface area contributed by atoms with Crippen LogP contribution in [-0.4, -0.2) is 42.3 Å². The van der Waals surface area contributed by atoms with Crippen molar-refractivity contribution in [3.05, 3.63) is 24.3 Å². The summed E-state index contributed by atoms with van der Waals surface area (Å²) < 4.78 is 5.26. The number of ether oxygens (including phenoxy) is 1. The molecule has 3 heterocycles. The van der Waals surface area contributed by atoms with Gasteiger partial charge in [0.2, 0.25) is 0 Å². The zero-order valence-electron chi connectivity index (χ0n) is 14.3. The largest absolute Gasteiger partial charge is 0.444 e. The molecule has 1 aromatic rings. The number of nitrogens with one attached hydrogen (secondary N) is 2. The van der Waals surface area contributed by atoms with Gasteiger partial charge in [-0.3, -0.25) is 5.32 Å². The fraction of sp³-hybridized carbons (Fsp3) is 0.611. The Bertz CT molecular complexity index is 542. The molecule has 126 valence electrons. The van der Waals surface area contributed by atoms with Crippen LogP contribution in [0.2, 0.25) is 0 Å². The zero-order chi connectivity index (χ0) is 16.4. The van der Waals surface area contributed by atoms with Crippen LogP contribution in [0.1, 0.15) is 33.6 Å². The van der Waals surface area contributed by atoms with Crippen LogP contribution in [0, 0.1) is 5.92 Å². The Labute approximate surface area is 138 Å². The second-order valence-corrected chi connectivity index (χ2v) is 7.59. The summed E-state index contributed by atoms with van der Waals surface area (Å²) in [5, 5.41) is 6.40. The van der Waals surface area contributed by atoms with Gasteiger partial charge in [0.25, 0.3) is 0 Å². The average Bonchev–Trinajstić information content (AvgIpc) is 2.48. The van der Waals surface area contributed by atoms with Gasteiger partial charge in [0.1, 0.15) is 5.60 Å². The number of carbonyl (C=O) groups is 1. The van der Waals surface area contributed by atoms with E-state index in [1.54, 1.807) is 0 Å². The molecule has 2 bridgehead atoms. The molecule has 0 radical (unpaired) electrons. The van der Waals surface area contributed by atoms with Crippen molar-refractivity contribution in [2.75, 3.05) is 30.3 Å². The minimum atomic E-state index is -0.485. The number of nitrogens with zero attached hydrogens (tertiary/aromatic N) is 1. The van der Waals surface area contributed by atoms with Gasteiger partial charge in [0, 0.05) is 24.0 Å². The van der Waals surface area contributed by atoms with Crippen molar-refractivity contribution in [1.29, 1.82) is 0 Å². The maximum atomic E-state index is 11.8. The van der Waals surface area contributed by atoms with Crippen molar-refractivity contribution < 1.29 is 9.53 Å². The highest BCUT2D eigenvalue weighted by Gasteiger charge is 2.33. The maximum Gasteiger partial charge on any atom is 0.412 e. The summed E-state index contributed by atoms with van der Waals surface area (Å²) in [6.07, 6.45) is 2.18. The first-order valence-corrected chi connectivity index (χ1v) is 8.48. The molecule has 1 amide bonds. The molecule has 4 rings (SSSR count). The van der Waals surface area contributed by atoms with E-state index in [9.17, 15) is 4.79 Å². The third-order valence-corrected chi connectivity index (χ3v) is 4.54. The Morgan fingerprint density at radius 3 is 2.26 bits per heavy atom. The molecule has 0 saturated carbocycles. The van der Waals surface area contributed by atoms with E-state index < -0.39 is 11.7 Å². The van der Waals surface area contributed by atoms with Gasteiger partial charge < -0.3 is 15.0 Å². The lowest BCUT2D eigenvalue weighted by molar-refractivity contribution is 0.0636. The SMILES string of the molecule is CC(C)(C)OC(=O)Nc1ccc(NC2CN3CCC2CC3)cc1. The first-order valence-electron chi connectivity index (χ1n) is 8.48. The first-order chi connectivity index (χ1) is 10.9. The quantitative estimate of drug-likeness (QED) is 0.895. The summed E-state index contributed by atoms with van der Waals surface area (Å²) in [6, 6.07) is 8.40. The third kappa shape index (κ3) is 4.38. The Kier molecular flexibility index (Phi) is 4.48. The van der Waals surface area contributed by atoms with Crippen LogP contribution in [0.3, 0.4) is 0 Å². The average molecular weight is 317 g/mol. The molecule has 1 aromatic carbocycles. The van der Waals surface area contributed by atoms with Crippen LogP contribution >= 0.6 is 0 Å². The predicted octanol–water partition coefficient (Wildman–Crippen LogP) is 3.54. The summed E-state index contributed by atoms with van der Waals surface area (Å²) in [5.41, 5.74) is 1.37.